The Kier molecular flexibility index (Phi) is 5.16. The van der Waals surface area contributed by atoms with Crippen molar-refractivity contribution < 1.29 is 9.16 Å². The molecule has 0 aromatic rings. The lowest BCUT2D eigenvalue weighted by Gasteiger charge is -2.21. The summed E-state index contributed by atoms with van der Waals surface area (Å²) in [5, 5.41) is 0. The first-order valence-electron chi connectivity index (χ1n) is 6.64. The van der Waals surface area contributed by atoms with Crippen molar-refractivity contribution in [2.24, 2.45) is 5.92 Å². The highest BCUT2D eigenvalue weighted by Gasteiger charge is 2.17. The third-order valence-corrected chi connectivity index (χ3v) is 5.26. The molecule has 0 spiro atoms. The summed E-state index contributed by atoms with van der Waals surface area (Å²) in [6, 6.07) is 0. The van der Waals surface area contributed by atoms with E-state index in [0.717, 1.165) is 19.1 Å². The number of hydrogen-bond acceptors (Lipinski definition) is 2. The summed E-state index contributed by atoms with van der Waals surface area (Å²) in [5.41, 5.74) is 0.538. The molecule has 1 saturated heterocycles. The van der Waals surface area contributed by atoms with Gasteiger partial charge >= 0.3 is 0 Å². The van der Waals surface area contributed by atoms with Gasteiger partial charge in [-0.15, -0.1) is 0 Å². The van der Waals surface area contributed by atoms with E-state index in [9.17, 15) is 0 Å². The van der Waals surface area contributed by atoms with Crippen LogP contribution in [-0.4, -0.2) is 28.7 Å². The first-order valence-corrected chi connectivity index (χ1v) is 8.04. The van der Waals surface area contributed by atoms with Crippen LogP contribution in [0.4, 0.5) is 0 Å². The summed E-state index contributed by atoms with van der Waals surface area (Å²) in [4.78, 5) is 0. The van der Waals surface area contributed by atoms with Gasteiger partial charge in [-0.3, -0.25) is 0 Å². The fourth-order valence-electron chi connectivity index (χ4n) is 2.72. The van der Waals surface area contributed by atoms with Crippen molar-refractivity contribution in [3.63, 3.8) is 0 Å². The van der Waals surface area contributed by atoms with Crippen LogP contribution < -0.4 is 0 Å². The number of rotatable bonds is 5. The van der Waals surface area contributed by atoms with Gasteiger partial charge in [-0.2, -0.15) is 0 Å². The Hall–Kier alpha value is 0.137. The predicted molar refractivity (Wildman–Crippen MR) is 64.7 cm³/mol. The lowest BCUT2D eigenvalue weighted by molar-refractivity contribution is 0.146. The maximum absolute atomic E-state index is 5.83. The summed E-state index contributed by atoms with van der Waals surface area (Å²) in [7, 11) is -0.381. The van der Waals surface area contributed by atoms with E-state index in [1.807, 2.05) is 0 Å². The van der Waals surface area contributed by atoms with Gasteiger partial charge in [-0.05, 0) is 25.2 Å². The third kappa shape index (κ3) is 4.25. The molecule has 0 N–H and O–H groups in total. The van der Waals surface area contributed by atoms with Gasteiger partial charge in [0, 0.05) is 13.2 Å². The van der Waals surface area contributed by atoms with Crippen LogP contribution in [-0.2, 0) is 9.16 Å². The Labute approximate surface area is 95.7 Å². The fraction of sp³-hybridized carbons (Fsp3) is 1.00. The van der Waals surface area contributed by atoms with E-state index in [-0.39, 0.29) is 9.76 Å². The molecular formula is C12H24O2Si. The standard InChI is InChI=1S/C12H24O2Si/c1-2-5-11(6-3-1)8-10-14-15-12-7-4-9-13-12/h11-12H,1-10,15H2. The summed E-state index contributed by atoms with van der Waals surface area (Å²) < 4.78 is 11.4. The number of hydrogen-bond donors (Lipinski definition) is 0. The lowest BCUT2D eigenvalue weighted by Crippen LogP contribution is -2.20. The SMILES string of the molecule is C1CCC(CCO[SiH2]C2CCCO2)CC1. The molecule has 1 aliphatic heterocycles. The molecule has 2 fully saturated rings. The topological polar surface area (TPSA) is 18.5 Å². The Balaban J connectivity index is 1.47. The fourth-order valence-corrected chi connectivity index (χ4v) is 4.03. The Morgan fingerprint density at radius 3 is 2.67 bits per heavy atom. The molecule has 0 amide bonds. The van der Waals surface area contributed by atoms with Crippen LogP contribution in [0.5, 0.6) is 0 Å². The monoisotopic (exact) mass is 228 g/mol. The Bertz CT molecular complexity index is 163. The smallest absolute Gasteiger partial charge is 0.190 e. The highest BCUT2D eigenvalue weighted by atomic mass is 28.2. The molecule has 1 unspecified atom stereocenters. The van der Waals surface area contributed by atoms with Gasteiger partial charge in [-0.25, -0.2) is 0 Å². The van der Waals surface area contributed by atoms with E-state index in [2.05, 4.69) is 0 Å². The van der Waals surface area contributed by atoms with E-state index >= 15 is 0 Å². The number of ether oxygens (including phenoxy) is 1. The first kappa shape index (κ1) is 11.6. The van der Waals surface area contributed by atoms with Crippen molar-refractivity contribution in [3.05, 3.63) is 0 Å². The lowest BCUT2D eigenvalue weighted by atomic mass is 9.87. The predicted octanol–water partition coefficient (Wildman–Crippen LogP) is 2.19. The van der Waals surface area contributed by atoms with E-state index in [1.165, 1.54) is 51.4 Å². The average Bonchev–Trinajstić information content (AvgIpc) is 2.79. The molecule has 2 nitrogen and oxygen atoms in total. The van der Waals surface area contributed by atoms with Gasteiger partial charge in [0.1, 0.15) is 0 Å². The molecule has 0 radical (unpaired) electrons. The van der Waals surface area contributed by atoms with Crippen LogP contribution in [0.25, 0.3) is 0 Å². The third-order valence-electron chi connectivity index (χ3n) is 3.72. The molecule has 0 aromatic carbocycles. The molecule has 1 heterocycles. The second kappa shape index (κ2) is 6.66. The zero-order chi connectivity index (χ0) is 10.3. The van der Waals surface area contributed by atoms with Crippen molar-refractivity contribution in [3.8, 4) is 0 Å². The summed E-state index contributed by atoms with van der Waals surface area (Å²) in [6.07, 6.45) is 11.1. The molecule has 2 rings (SSSR count). The maximum atomic E-state index is 5.83. The highest BCUT2D eigenvalue weighted by Crippen LogP contribution is 2.26. The molecule has 1 aliphatic carbocycles. The molecule has 3 heteroatoms. The van der Waals surface area contributed by atoms with Crippen molar-refractivity contribution in [1.82, 2.24) is 0 Å². The van der Waals surface area contributed by atoms with Gasteiger partial charge in [0.25, 0.3) is 0 Å². The van der Waals surface area contributed by atoms with Crippen molar-refractivity contribution in [1.29, 1.82) is 0 Å². The molecule has 0 aromatic heterocycles. The maximum Gasteiger partial charge on any atom is 0.190 e. The summed E-state index contributed by atoms with van der Waals surface area (Å²) >= 11 is 0. The van der Waals surface area contributed by atoms with Crippen LogP contribution in [0.2, 0.25) is 0 Å². The van der Waals surface area contributed by atoms with Gasteiger partial charge in [0.05, 0.1) is 5.73 Å². The van der Waals surface area contributed by atoms with Crippen molar-refractivity contribution in [2.45, 2.75) is 57.1 Å². The molecule has 88 valence electrons. The summed E-state index contributed by atoms with van der Waals surface area (Å²) in [6.45, 7) is 1.99. The minimum Gasteiger partial charge on any atom is -0.421 e. The summed E-state index contributed by atoms with van der Waals surface area (Å²) in [5.74, 6) is 0.970. The van der Waals surface area contributed by atoms with Crippen molar-refractivity contribution in [2.75, 3.05) is 13.2 Å². The molecule has 1 saturated carbocycles. The van der Waals surface area contributed by atoms with E-state index in [4.69, 9.17) is 9.16 Å². The van der Waals surface area contributed by atoms with Gasteiger partial charge < -0.3 is 9.16 Å². The van der Waals surface area contributed by atoms with Crippen molar-refractivity contribution >= 4 is 9.76 Å². The van der Waals surface area contributed by atoms with Gasteiger partial charge in [-0.1, -0.05) is 32.1 Å². The van der Waals surface area contributed by atoms with Crippen LogP contribution in [0.1, 0.15) is 51.4 Å². The van der Waals surface area contributed by atoms with E-state index < -0.39 is 0 Å². The van der Waals surface area contributed by atoms with Crippen LogP contribution >= 0.6 is 0 Å². The van der Waals surface area contributed by atoms with E-state index in [1.54, 1.807) is 0 Å². The minimum absolute atomic E-state index is 0.381. The largest absolute Gasteiger partial charge is 0.421 e. The molecule has 2 aliphatic rings. The highest BCUT2D eigenvalue weighted by molar-refractivity contribution is 6.29. The minimum atomic E-state index is -0.381. The molecule has 15 heavy (non-hydrogen) atoms. The van der Waals surface area contributed by atoms with Crippen LogP contribution in [0, 0.1) is 5.92 Å². The van der Waals surface area contributed by atoms with Crippen LogP contribution in [0.15, 0.2) is 0 Å². The Morgan fingerprint density at radius 1 is 1.07 bits per heavy atom. The zero-order valence-electron chi connectivity index (χ0n) is 9.75. The zero-order valence-corrected chi connectivity index (χ0v) is 11.2. The normalized spacial score (nSPS) is 29.2. The molecular weight excluding hydrogens is 204 g/mol. The first-order chi connectivity index (χ1) is 7.45. The molecule has 0 bridgehead atoms. The van der Waals surface area contributed by atoms with Gasteiger partial charge in [0.15, 0.2) is 9.76 Å². The second-order valence-corrected chi connectivity index (χ2v) is 6.65. The second-order valence-electron chi connectivity index (χ2n) is 5.00. The van der Waals surface area contributed by atoms with Gasteiger partial charge in [0.2, 0.25) is 0 Å². The average molecular weight is 228 g/mol. The Morgan fingerprint density at radius 2 is 1.93 bits per heavy atom. The molecule has 1 atom stereocenters. The quantitative estimate of drug-likeness (QED) is 0.530. The van der Waals surface area contributed by atoms with Crippen LogP contribution in [0.3, 0.4) is 0 Å². The van der Waals surface area contributed by atoms with E-state index in [0.29, 0.717) is 5.73 Å².